The van der Waals surface area contributed by atoms with Crippen LogP contribution in [0.5, 0.6) is 0 Å². The average molecular weight is 174 g/mol. The Kier molecular flexibility index (Phi) is 1.54. The molecule has 2 atom stereocenters. The second-order valence-electron chi connectivity index (χ2n) is 4.04. The van der Waals surface area contributed by atoms with E-state index in [4.69, 9.17) is 0 Å². The van der Waals surface area contributed by atoms with Crippen molar-refractivity contribution in [1.82, 2.24) is 4.57 Å². The van der Waals surface area contributed by atoms with Crippen molar-refractivity contribution >= 4 is 6.21 Å². The zero-order valence-electron chi connectivity index (χ0n) is 7.69. The first-order valence-electron chi connectivity index (χ1n) is 5.15. The molecule has 2 heterocycles. The van der Waals surface area contributed by atoms with Crippen molar-refractivity contribution in [1.29, 1.82) is 0 Å². The molecule has 1 fully saturated rings. The van der Waals surface area contributed by atoms with Gasteiger partial charge in [-0.25, -0.2) is 0 Å². The highest BCUT2D eigenvalue weighted by Gasteiger charge is 2.28. The molecule has 1 aliphatic carbocycles. The number of fused-ring (bicyclic) bond motifs is 3. The Bertz CT molecular complexity index is 338. The lowest BCUT2D eigenvalue weighted by Crippen LogP contribution is -2.30. The fraction of sp³-hybridized carbons (Fsp3) is 0.545. The highest BCUT2D eigenvalue weighted by Crippen LogP contribution is 2.33. The monoisotopic (exact) mass is 174 g/mol. The molecule has 3 rings (SSSR count). The summed E-state index contributed by atoms with van der Waals surface area (Å²) in [5.74, 6) is 0. The van der Waals surface area contributed by atoms with Gasteiger partial charge in [-0.1, -0.05) is 12.8 Å². The second kappa shape index (κ2) is 2.72. The predicted octanol–water partition coefficient (Wildman–Crippen LogP) is 2.40. The molecular weight excluding hydrogens is 160 g/mol. The van der Waals surface area contributed by atoms with Gasteiger partial charge in [-0.15, -0.1) is 0 Å². The Morgan fingerprint density at radius 3 is 3.23 bits per heavy atom. The van der Waals surface area contributed by atoms with Crippen LogP contribution in [-0.2, 0) is 0 Å². The first-order valence-corrected chi connectivity index (χ1v) is 5.15. The van der Waals surface area contributed by atoms with Crippen LogP contribution in [0.4, 0.5) is 0 Å². The van der Waals surface area contributed by atoms with Gasteiger partial charge in [0.15, 0.2) is 0 Å². The molecule has 0 N–H and O–H groups in total. The van der Waals surface area contributed by atoms with E-state index in [-0.39, 0.29) is 0 Å². The first kappa shape index (κ1) is 7.36. The third-order valence-corrected chi connectivity index (χ3v) is 3.26. The fourth-order valence-electron chi connectivity index (χ4n) is 2.58. The van der Waals surface area contributed by atoms with E-state index in [1.165, 1.54) is 31.4 Å². The summed E-state index contributed by atoms with van der Waals surface area (Å²) in [6.07, 6.45) is 9.54. The van der Waals surface area contributed by atoms with Crippen LogP contribution in [0.15, 0.2) is 23.3 Å². The van der Waals surface area contributed by atoms with Crippen LogP contribution in [0.3, 0.4) is 0 Å². The molecule has 2 aliphatic rings. The molecule has 68 valence electrons. The van der Waals surface area contributed by atoms with Crippen LogP contribution in [0.1, 0.15) is 37.4 Å². The number of hydrogen-bond acceptors (Lipinski definition) is 1. The van der Waals surface area contributed by atoms with Gasteiger partial charge in [-0.05, 0) is 25.0 Å². The van der Waals surface area contributed by atoms with E-state index in [1.807, 2.05) is 6.21 Å². The Morgan fingerprint density at radius 2 is 2.23 bits per heavy atom. The van der Waals surface area contributed by atoms with Gasteiger partial charge < -0.3 is 4.57 Å². The average Bonchev–Trinajstić information content (AvgIpc) is 2.65. The van der Waals surface area contributed by atoms with Gasteiger partial charge in [0.1, 0.15) is 0 Å². The topological polar surface area (TPSA) is 17.3 Å². The summed E-state index contributed by atoms with van der Waals surface area (Å²) in [5.41, 5.74) is 1.28. The Morgan fingerprint density at radius 1 is 1.31 bits per heavy atom. The van der Waals surface area contributed by atoms with Gasteiger partial charge in [-0.3, -0.25) is 4.99 Å². The van der Waals surface area contributed by atoms with E-state index in [0.717, 1.165) is 0 Å². The summed E-state index contributed by atoms with van der Waals surface area (Å²) < 4.78 is 2.40. The molecule has 0 bridgehead atoms. The summed E-state index contributed by atoms with van der Waals surface area (Å²) >= 11 is 0. The lowest BCUT2D eigenvalue weighted by Gasteiger charge is -2.33. The SMILES string of the molecule is C1=NC2CCCCC2n2cccc21. The van der Waals surface area contributed by atoms with Gasteiger partial charge in [0.25, 0.3) is 0 Å². The van der Waals surface area contributed by atoms with Crippen LogP contribution in [-0.4, -0.2) is 16.8 Å². The predicted molar refractivity (Wildman–Crippen MR) is 53.3 cm³/mol. The van der Waals surface area contributed by atoms with Crippen molar-refractivity contribution in [3.8, 4) is 0 Å². The van der Waals surface area contributed by atoms with Gasteiger partial charge in [-0.2, -0.15) is 0 Å². The second-order valence-corrected chi connectivity index (χ2v) is 4.04. The Balaban J connectivity index is 2.03. The molecule has 2 heteroatoms. The highest BCUT2D eigenvalue weighted by molar-refractivity contribution is 5.78. The number of aliphatic imine (C=N–C) groups is 1. The van der Waals surface area contributed by atoms with Crippen molar-refractivity contribution < 1.29 is 0 Å². The van der Waals surface area contributed by atoms with E-state index >= 15 is 0 Å². The van der Waals surface area contributed by atoms with Gasteiger partial charge in [0.05, 0.1) is 17.8 Å². The Hall–Kier alpha value is -1.05. The van der Waals surface area contributed by atoms with Crippen molar-refractivity contribution in [3.05, 3.63) is 24.0 Å². The molecule has 13 heavy (non-hydrogen) atoms. The molecule has 1 aliphatic heterocycles. The van der Waals surface area contributed by atoms with E-state index < -0.39 is 0 Å². The standard InChI is InChI=1S/C11H14N2/c1-2-6-11-10(5-1)12-8-9-4-3-7-13(9)11/h3-4,7-8,10-11H,1-2,5-6H2. The maximum absolute atomic E-state index is 4.62. The maximum atomic E-state index is 4.62. The summed E-state index contributed by atoms with van der Waals surface area (Å²) in [6.45, 7) is 0. The smallest absolute Gasteiger partial charge is 0.0707 e. The summed E-state index contributed by atoms with van der Waals surface area (Å²) in [5, 5.41) is 0. The van der Waals surface area contributed by atoms with Gasteiger partial charge in [0, 0.05) is 12.4 Å². The van der Waals surface area contributed by atoms with Crippen molar-refractivity contribution in [3.63, 3.8) is 0 Å². The Labute approximate surface area is 78.3 Å². The van der Waals surface area contributed by atoms with E-state index in [2.05, 4.69) is 27.9 Å². The molecule has 0 aromatic carbocycles. The van der Waals surface area contributed by atoms with E-state index in [1.54, 1.807) is 0 Å². The lowest BCUT2D eigenvalue weighted by molar-refractivity contribution is 0.302. The van der Waals surface area contributed by atoms with Crippen LogP contribution in [0.2, 0.25) is 0 Å². The molecule has 1 aromatic rings. The molecule has 0 amide bonds. The molecule has 1 aromatic heterocycles. The van der Waals surface area contributed by atoms with Gasteiger partial charge >= 0.3 is 0 Å². The molecule has 0 spiro atoms. The summed E-state index contributed by atoms with van der Waals surface area (Å²) in [6, 6.07) is 5.49. The zero-order chi connectivity index (χ0) is 8.67. The molecule has 0 radical (unpaired) electrons. The fourth-order valence-corrected chi connectivity index (χ4v) is 2.58. The molecule has 2 unspecified atom stereocenters. The van der Waals surface area contributed by atoms with Crippen LogP contribution in [0.25, 0.3) is 0 Å². The molecule has 1 saturated carbocycles. The van der Waals surface area contributed by atoms with Crippen molar-refractivity contribution in [2.75, 3.05) is 0 Å². The third-order valence-electron chi connectivity index (χ3n) is 3.26. The summed E-state index contributed by atoms with van der Waals surface area (Å²) in [4.78, 5) is 4.62. The number of rotatable bonds is 0. The summed E-state index contributed by atoms with van der Waals surface area (Å²) in [7, 11) is 0. The van der Waals surface area contributed by atoms with E-state index in [0.29, 0.717) is 12.1 Å². The third kappa shape index (κ3) is 1.05. The van der Waals surface area contributed by atoms with Crippen molar-refractivity contribution in [2.24, 2.45) is 4.99 Å². The van der Waals surface area contributed by atoms with Crippen LogP contribution < -0.4 is 0 Å². The first-order chi connectivity index (χ1) is 6.45. The van der Waals surface area contributed by atoms with Crippen LogP contribution in [0, 0.1) is 0 Å². The number of aromatic nitrogens is 1. The van der Waals surface area contributed by atoms with Crippen LogP contribution >= 0.6 is 0 Å². The minimum Gasteiger partial charge on any atom is -0.342 e. The zero-order valence-corrected chi connectivity index (χ0v) is 7.69. The van der Waals surface area contributed by atoms with E-state index in [9.17, 15) is 0 Å². The minimum atomic E-state index is 0.564. The highest BCUT2D eigenvalue weighted by atomic mass is 15.1. The maximum Gasteiger partial charge on any atom is 0.0707 e. The largest absolute Gasteiger partial charge is 0.342 e. The number of nitrogens with zero attached hydrogens (tertiary/aromatic N) is 2. The molecule has 2 nitrogen and oxygen atoms in total. The van der Waals surface area contributed by atoms with Gasteiger partial charge in [0.2, 0.25) is 0 Å². The minimum absolute atomic E-state index is 0.564. The number of hydrogen-bond donors (Lipinski definition) is 0. The quantitative estimate of drug-likeness (QED) is 0.574. The normalized spacial score (nSPS) is 31.1. The lowest BCUT2D eigenvalue weighted by atomic mass is 9.89. The molecule has 0 saturated heterocycles. The molecular formula is C11H14N2. The van der Waals surface area contributed by atoms with Crippen molar-refractivity contribution in [2.45, 2.75) is 37.8 Å².